The maximum atomic E-state index is 13.2. The first kappa shape index (κ1) is 70.9. The fourth-order valence-electron chi connectivity index (χ4n) is 9.32. The van der Waals surface area contributed by atoms with Crippen molar-refractivity contribution in [3.05, 3.63) is 96.3 Å². The van der Waals surface area contributed by atoms with E-state index in [0.717, 1.165) is 32.9 Å². The summed E-state index contributed by atoms with van der Waals surface area (Å²) in [6.45, 7) is 32.9. The van der Waals surface area contributed by atoms with Gasteiger partial charge in [-0.3, -0.25) is 53.4 Å². The van der Waals surface area contributed by atoms with Gasteiger partial charge in [-0.05, 0) is 142 Å². The van der Waals surface area contributed by atoms with E-state index in [-0.39, 0.29) is 42.4 Å². The monoisotopic (exact) mass is 1190 g/mol. The summed E-state index contributed by atoms with van der Waals surface area (Å²) in [6.07, 6.45) is 4.56. The Morgan fingerprint density at radius 3 is 1.37 bits per heavy atom. The summed E-state index contributed by atoms with van der Waals surface area (Å²) < 4.78 is 21.1. The Morgan fingerprint density at radius 1 is 0.616 bits per heavy atom. The molecule has 2 aliphatic heterocycles. The number of methoxy groups -OCH3 is 1. The normalized spacial score (nSPS) is 17.4. The lowest BCUT2D eigenvalue weighted by atomic mass is 9.91. The molecule has 21 heteroatoms. The Labute approximate surface area is 506 Å². The number of aromatic nitrogens is 2. The predicted molar refractivity (Wildman–Crippen MR) is 329 cm³/mol. The summed E-state index contributed by atoms with van der Waals surface area (Å²) in [6, 6.07) is 16.4. The van der Waals surface area contributed by atoms with Gasteiger partial charge in [0.2, 0.25) is 11.8 Å². The summed E-state index contributed by atoms with van der Waals surface area (Å²) in [5, 5.41) is 19.6. The van der Waals surface area contributed by atoms with Crippen molar-refractivity contribution in [3.63, 3.8) is 0 Å². The number of ether oxygens (including phenoxy) is 4. The number of carbonyl (C=O) groups is 8. The van der Waals surface area contributed by atoms with E-state index in [1.54, 1.807) is 81.4 Å². The van der Waals surface area contributed by atoms with Crippen LogP contribution in [0.25, 0.3) is 34.0 Å². The molecule has 21 nitrogen and oxygen atoms in total. The first-order valence-corrected chi connectivity index (χ1v) is 29.5. The number of hydrazine groups is 2. The van der Waals surface area contributed by atoms with Crippen LogP contribution in [0.3, 0.4) is 0 Å². The molecular formula is C65H92N8O13. The van der Waals surface area contributed by atoms with Gasteiger partial charge in [-0.2, -0.15) is 0 Å². The summed E-state index contributed by atoms with van der Waals surface area (Å²) >= 11 is 0. The van der Waals surface area contributed by atoms with Gasteiger partial charge in [-0.15, -0.1) is 0 Å². The Morgan fingerprint density at radius 2 is 1.00 bits per heavy atom. The molecule has 4 amide bonds. The van der Waals surface area contributed by atoms with E-state index >= 15 is 0 Å². The zero-order valence-corrected chi connectivity index (χ0v) is 52.9. The topological polar surface area (TPSA) is 274 Å². The molecule has 6 rings (SSSR count). The molecule has 0 aliphatic carbocycles. The van der Waals surface area contributed by atoms with Gasteiger partial charge in [0.05, 0.1) is 60.3 Å². The highest BCUT2D eigenvalue weighted by molar-refractivity contribution is 5.91. The molecule has 2 fully saturated rings. The largest absolute Gasteiger partial charge is 0.468 e. The van der Waals surface area contributed by atoms with Gasteiger partial charge in [-0.1, -0.05) is 89.4 Å². The molecule has 0 spiro atoms. The van der Waals surface area contributed by atoms with Crippen LogP contribution >= 0.6 is 0 Å². The Bertz CT molecular complexity index is 3040. The van der Waals surface area contributed by atoms with E-state index in [2.05, 4.69) is 44.6 Å². The molecule has 470 valence electrons. The van der Waals surface area contributed by atoms with Gasteiger partial charge in [0.15, 0.2) is 0 Å². The number of aliphatic hydroxyl groups excluding tert-OH is 1. The molecule has 2 aliphatic rings. The lowest BCUT2D eigenvalue weighted by Crippen LogP contribution is -2.59. The fraction of sp³-hybridized carbons (Fsp3) is 0.538. The minimum atomic E-state index is -0.874. The Balaban J connectivity index is 0.000000309. The van der Waals surface area contributed by atoms with Crippen molar-refractivity contribution in [3.8, 4) is 0 Å². The first-order chi connectivity index (χ1) is 40.2. The number of pyridine rings is 2. The number of aliphatic hydroxyl groups is 1. The van der Waals surface area contributed by atoms with Crippen LogP contribution < -0.4 is 21.5 Å². The number of amides is 4. The summed E-state index contributed by atoms with van der Waals surface area (Å²) in [7, 11) is 1.30. The van der Waals surface area contributed by atoms with Crippen molar-refractivity contribution in [1.82, 2.24) is 41.5 Å². The molecule has 4 aromatic rings. The van der Waals surface area contributed by atoms with E-state index in [0.29, 0.717) is 50.2 Å². The van der Waals surface area contributed by atoms with Gasteiger partial charge in [0, 0.05) is 23.9 Å². The van der Waals surface area contributed by atoms with Crippen LogP contribution in [-0.4, -0.2) is 128 Å². The van der Waals surface area contributed by atoms with Crippen molar-refractivity contribution in [2.24, 2.45) is 23.7 Å². The number of carbonyl (C=O) groups excluding carboxylic acids is 8. The van der Waals surface area contributed by atoms with Crippen LogP contribution in [0.2, 0.25) is 0 Å². The fourth-order valence-corrected chi connectivity index (χ4v) is 9.32. The third kappa shape index (κ3) is 22.0. The van der Waals surface area contributed by atoms with Gasteiger partial charge in [0.1, 0.15) is 41.5 Å². The molecule has 2 saturated heterocycles. The number of nitrogens with zero attached hydrogens (tertiary/aromatic N) is 4. The van der Waals surface area contributed by atoms with Crippen LogP contribution in [0.4, 0.5) is 0 Å². The third-order valence-corrected chi connectivity index (χ3v) is 14.1. The maximum absolute atomic E-state index is 13.2. The predicted octanol–water partition coefficient (Wildman–Crippen LogP) is 8.58. The van der Waals surface area contributed by atoms with Crippen molar-refractivity contribution in [2.45, 2.75) is 183 Å². The summed E-state index contributed by atoms with van der Waals surface area (Å²) in [4.78, 5) is 110. The highest BCUT2D eigenvalue weighted by Crippen LogP contribution is 2.25. The van der Waals surface area contributed by atoms with Crippen LogP contribution in [0.5, 0.6) is 0 Å². The number of fused-ring (bicyclic) bond motifs is 2. The van der Waals surface area contributed by atoms with Crippen molar-refractivity contribution >= 4 is 81.5 Å². The van der Waals surface area contributed by atoms with Crippen molar-refractivity contribution < 1.29 is 62.4 Å². The quantitative estimate of drug-likeness (QED) is 0.0434. The lowest BCUT2D eigenvalue weighted by molar-refractivity contribution is -0.159. The Kier molecular flexibility index (Phi) is 26.5. The minimum Gasteiger partial charge on any atom is -0.468 e. The lowest BCUT2D eigenvalue weighted by Gasteiger charge is -2.35. The van der Waals surface area contributed by atoms with E-state index in [9.17, 15) is 43.5 Å². The van der Waals surface area contributed by atoms with Gasteiger partial charge in [-0.25, -0.2) is 15.8 Å². The van der Waals surface area contributed by atoms with Crippen LogP contribution in [0.15, 0.2) is 73.8 Å². The van der Waals surface area contributed by atoms with E-state index in [1.807, 2.05) is 88.4 Å². The van der Waals surface area contributed by atoms with Crippen LogP contribution in [0, 0.1) is 23.7 Å². The summed E-state index contributed by atoms with van der Waals surface area (Å²) in [5.41, 5.74) is 9.51. The molecule has 4 heterocycles. The number of nitrogens with one attached hydrogen (secondary N) is 4. The molecule has 86 heavy (non-hydrogen) atoms. The molecule has 5 N–H and O–H groups in total. The maximum Gasteiger partial charge on any atom is 0.325 e. The van der Waals surface area contributed by atoms with E-state index in [1.165, 1.54) is 17.1 Å². The number of esters is 4. The standard InChI is InChI=1S/C32H44N4O6.C20H35N3O6.C13H13NO/c1-9-22-12-13-23-14-15-25(34-27(23)17-22)21(5)41-31(40)26-11-10-16-36(35-26)30(39)20(4)33-29(38)24(19(2)3)18-28(37)42-32(6,7)8;1-12(2)14(11-16(24)29-20(4,5)6)17(25)21-13(3)18(26)23-10-8-9-15(22-23)19(27)28-7;1-3-10-4-5-11-6-7-12(9(2)15)14-13(11)8-10/h9,12-15,17,19-21,24,26,35H,1,10-11,16,18H2,2-8H3,(H,33,38);12-15,22H,8-11H2,1-7H3,(H,21,25);3-9,15H,1H2,2H3/t20-,21+,24-,26-;13-,14-,15-;9-/m001/s1. The van der Waals surface area contributed by atoms with Crippen molar-refractivity contribution in [1.29, 1.82) is 0 Å². The highest BCUT2D eigenvalue weighted by atomic mass is 16.6. The number of benzene rings is 2. The summed E-state index contributed by atoms with van der Waals surface area (Å²) in [5.74, 6) is -4.89. The SMILES string of the molecule is C=Cc1ccc2ccc([C@@H](C)O)nc2c1.C=Cc1ccc2ccc([C@@H](C)OC(=O)[C@@H]3CCCN(C(=O)[C@H](C)NC(=O)[C@@H](CC(=O)OC(C)(C)C)C(C)C)N3)nc2c1.COC(=O)[C@@H]1CCCN(C(=O)[C@H](C)NC(=O)[C@@H](CC(=O)OC(C)(C)C)C(C)C)N1. The number of rotatable bonds is 19. The zero-order valence-electron chi connectivity index (χ0n) is 52.9. The number of hydrogen-bond acceptors (Lipinski definition) is 17. The molecule has 2 aromatic heterocycles. The smallest absolute Gasteiger partial charge is 0.325 e. The van der Waals surface area contributed by atoms with Crippen LogP contribution in [0.1, 0.15) is 170 Å². The first-order valence-electron chi connectivity index (χ1n) is 29.5. The minimum absolute atomic E-state index is 0.0614. The molecule has 0 saturated carbocycles. The molecular weight excluding hydrogens is 1100 g/mol. The second kappa shape index (κ2) is 32.2. The highest BCUT2D eigenvalue weighted by Gasteiger charge is 2.36. The van der Waals surface area contributed by atoms with Gasteiger partial charge < -0.3 is 34.7 Å². The van der Waals surface area contributed by atoms with Crippen LogP contribution in [-0.2, 0) is 57.3 Å². The third-order valence-electron chi connectivity index (χ3n) is 14.1. The number of hydrogen-bond donors (Lipinski definition) is 5. The zero-order chi connectivity index (χ0) is 64.4. The Hall–Kier alpha value is -7.62. The van der Waals surface area contributed by atoms with Crippen molar-refractivity contribution in [2.75, 3.05) is 20.2 Å². The van der Waals surface area contributed by atoms with E-state index in [4.69, 9.17) is 18.9 Å². The molecule has 0 bridgehead atoms. The average Bonchev–Trinajstić information content (AvgIpc) is 2.79. The van der Waals surface area contributed by atoms with Gasteiger partial charge in [0.25, 0.3) is 11.8 Å². The molecule has 8 atom stereocenters. The molecule has 0 radical (unpaired) electrons. The second-order valence-electron chi connectivity index (χ2n) is 24.4. The van der Waals surface area contributed by atoms with Gasteiger partial charge >= 0.3 is 23.9 Å². The molecule has 2 aromatic carbocycles. The van der Waals surface area contributed by atoms with E-state index < -0.39 is 89.2 Å². The molecule has 0 unspecified atom stereocenters. The average molecular weight is 1190 g/mol. The second-order valence-corrected chi connectivity index (χ2v) is 24.4.